The van der Waals surface area contributed by atoms with Gasteiger partial charge in [0.2, 0.25) is 0 Å². The minimum absolute atomic E-state index is 0.765. The minimum atomic E-state index is -2.14. The van der Waals surface area contributed by atoms with Crippen molar-refractivity contribution in [2.45, 2.75) is 13.1 Å². The Morgan fingerprint density at radius 1 is 0.414 bits per heavy atom. The van der Waals surface area contributed by atoms with Gasteiger partial charge in [-0.15, -0.1) is 0 Å². The Labute approximate surface area is 339 Å². The predicted octanol–water partition coefficient (Wildman–Crippen LogP) is 12.7. The molecule has 0 saturated carbocycles. The molecule has 1 aliphatic rings. The molecule has 0 aliphatic carbocycles. The zero-order valence-corrected chi connectivity index (χ0v) is 33.4. The lowest BCUT2D eigenvalue weighted by molar-refractivity contribution is 1.18. The van der Waals surface area contributed by atoms with Crippen molar-refractivity contribution in [3.8, 4) is 72.8 Å². The van der Waals surface area contributed by atoms with E-state index in [-0.39, 0.29) is 0 Å². The summed E-state index contributed by atoms with van der Waals surface area (Å²) in [6, 6.07) is 72.2. The Balaban J connectivity index is 1.09. The van der Waals surface area contributed by atoms with E-state index in [9.17, 15) is 0 Å². The third-order valence-electron chi connectivity index (χ3n) is 12.0. The predicted molar refractivity (Wildman–Crippen MR) is 246 cm³/mol. The molecule has 0 unspecified atom stereocenters. The molecule has 3 heterocycles. The second kappa shape index (κ2) is 13.5. The molecule has 0 spiro atoms. The molecule has 4 heteroatoms. The molecule has 0 amide bonds. The van der Waals surface area contributed by atoms with Crippen molar-refractivity contribution >= 4 is 40.4 Å². The van der Waals surface area contributed by atoms with Crippen molar-refractivity contribution in [2.75, 3.05) is 0 Å². The van der Waals surface area contributed by atoms with E-state index in [1.807, 2.05) is 0 Å². The van der Waals surface area contributed by atoms with Crippen LogP contribution in [0.25, 0.3) is 94.6 Å². The molecule has 10 aromatic rings. The number of benzene rings is 8. The summed E-state index contributed by atoms with van der Waals surface area (Å²) >= 11 is 0. The third-order valence-corrected chi connectivity index (χ3v) is 15.3. The van der Waals surface area contributed by atoms with Gasteiger partial charge in [-0.3, -0.25) is 0 Å². The van der Waals surface area contributed by atoms with Gasteiger partial charge in [0.05, 0.1) is 16.7 Å². The van der Waals surface area contributed by atoms with Crippen LogP contribution in [0.2, 0.25) is 13.1 Å². The van der Waals surface area contributed by atoms with Crippen molar-refractivity contribution in [1.29, 1.82) is 0 Å². The van der Waals surface area contributed by atoms with Crippen molar-refractivity contribution < 1.29 is 0 Å². The van der Waals surface area contributed by atoms with Crippen LogP contribution in [-0.2, 0) is 0 Å². The van der Waals surface area contributed by atoms with Crippen molar-refractivity contribution in [3.63, 3.8) is 0 Å². The summed E-state index contributed by atoms with van der Waals surface area (Å²) in [7, 11) is -2.14. The molecular formula is C54H39N3Si. The SMILES string of the molecule is C[Si]1(C)c2ccccc2-c2c(-c3cccc(-c4ccccc4)c3)nc(-c3cccc(-c4cccc5c4c4ccccc4n5-c4cccc(-c5ccccc5)c4)c3)nc21. The third kappa shape index (κ3) is 5.48. The molecule has 0 atom stereocenters. The standard InChI is InChI=1S/C54H39N3Si/c1-58(2)49-32-12-10-28-46(49)51-52(41-24-13-21-38(33-41)36-17-5-3-6-18-36)55-53(56-54(51)58)42-25-14-23-40(34-42)44-29-16-31-48-50(44)45-27-9-11-30-47(45)57(48)43-26-15-22-39(35-43)37-19-7-4-8-20-37/h3-35H,1-2H3. The summed E-state index contributed by atoms with van der Waals surface area (Å²) in [5, 5.41) is 5.08. The number of aromatic nitrogens is 3. The summed E-state index contributed by atoms with van der Waals surface area (Å²) < 4.78 is 2.41. The van der Waals surface area contributed by atoms with Gasteiger partial charge in [0.15, 0.2) is 5.82 Å². The van der Waals surface area contributed by atoms with E-state index in [0.29, 0.717) is 0 Å². The highest BCUT2D eigenvalue weighted by Crippen LogP contribution is 2.41. The highest BCUT2D eigenvalue weighted by atomic mass is 28.3. The number of hydrogen-bond acceptors (Lipinski definition) is 2. The molecule has 1 aliphatic heterocycles. The summed E-state index contributed by atoms with van der Waals surface area (Å²) in [5.74, 6) is 0.765. The number of para-hydroxylation sites is 1. The van der Waals surface area contributed by atoms with Gasteiger partial charge >= 0.3 is 0 Å². The first-order chi connectivity index (χ1) is 28.5. The average Bonchev–Trinajstić information content (AvgIpc) is 3.75. The quantitative estimate of drug-likeness (QED) is 0.158. The smallest absolute Gasteiger partial charge is 0.159 e. The van der Waals surface area contributed by atoms with Crippen LogP contribution in [0.4, 0.5) is 0 Å². The van der Waals surface area contributed by atoms with E-state index < -0.39 is 8.07 Å². The zero-order valence-electron chi connectivity index (χ0n) is 32.4. The second-order valence-corrected chi connectivity index (χ2v) is 20.0. The zero-order chi connectivity index (χ0) is 38.8. The number of hydrogen-bond donors (Lipinski definition) is 0. The first-order valence-corrected chi connectivity index (χ1v) is 23.0. The maximum Gasteiger partial charge on any atom is 0.159 e. The van der Waals surface area contributed by atoms with Crippen LogP contribution in [0.1, 0.15) is 0 Å². The second-order valence-electron chi connectivity index (χ2n) is 15.8. The Morgan fingerprint density at radius 3 is 1.76 bits per heavy atom. The first-order valence-electron chi connectivity index (χ1n) is 20.0. The van der Waals surface area contributed by atoms with Crippen molar-refractivity contribution in [3.05, 3.63) is 200 Å². The van der Waals surface area contributed by atoms with Crippen LogP contribution in [0.15, 0.2) is 200 Å². The summed E-state index contributed by atoms with van der Waals surface area (Å²) in [4.78, 5) is 11.0. The normalized spacial score (nSPS) is 12.8. The molecular weight excluding hydrogens is 719 g/mol. The molecule has 274 valence electrons. The largest absolute Gasteiger partial charge is 0.309 e. The first kappa shape index (κ1) is 34.1. The number of nitrogens with zero attached hydrogens (tertiary/aromatic N) is 3. The van der Waals surface area contributed by atoms with E-state index in [0.717, 1.165) is 33.9 Å². The molecule has 11 rings (SSSR count). The molecule has 58 heavy (non-hydrogen) atoms. The monoisotopic (exact) mass is 757 g/mol. The number of rotatable bonds is 6. The molecule has 0 saturated heterocycles. The lowest BCUT2D eigenvalue weighted by atomic mass is 9.96. The van der Waals surface area contributed by atoms with Gasteiger partial charge in [0, 0.05) is 38.5 Å². The molecule has 3 nitrogen and oxygen atoms in total. The Hall–Kier alpha value is -7.14. The van der Waals surface area contributed by atoms with Crippen LogP contribution in [0.3, 0.4) is 0 Å². The maximum absolute atomic E-state index is 5.53. The summed E-state index contributed by atoms with van der Waals surface area (Å²) in [6.07, 6.45) is 0. The molecule has 0 fully saturated rings. The van der Waals surface area contributed by atoms with Crippen LogP contribution < -0.4 is 10.5 Å². The minimum Gasteiger partial charge on any atom is -0.309 e. The van der Waals surface area contributed by atoms with E-state index in [1.54, 1.807) is 0 Å². The van der Waals surface area contributed by atoms with Gasteiger partial charge in [-0.05, 0) is 80.5 Å². The topological polar surface area (TPSA) is 30.7 Å². The molecule has 0 bridgehead atoms. The Kier molecular flexibility index (Phi) is 7.95. The van der Waals surface area contributed by atoms with Crippen molar-refractivity contribution in [1.82, 2.24) is 14.5 Å². The van der Waals surface area contributed by atoms with Gasteiger partial charge in [-0.1, -0.05) is 177 Å². The van der Waals surface area contributed by atoms with E-state index >= 15 is 0 Å². The Morgan fingerprint density at radius 2 is 0.966 bits per heavy atom. The maximum atomic E-state index is 5.53. The molecule has 0 radical (unpaired) electrons. The van der Waals surface area contributed by atoms with Gasteiger partial charge in [0.25, 0.3) is 0 Å². The van der Waals surface area contributed by atoms with Gasteiger partial charge in [-0.2, -0.15) is 0 Å². The highest BCUT2D eigenvalue weighted by Gasteiger charge is 2.41. The van der Waals surface area contributed by atoms with E-state index in [4.69, 9.17) is 9.97 Å². The van der Waals surface area contributed by atoms with Crippen LogP contribution in [0, 0.1) is 0 Å². The molecule has 2 aromatic heterocycles. The van der Waals surface area contributed by atoms with Crippen LogP contribution >= 0.6 is 0 Å². The highest BCUT2D eigenvalue weighted by molar-refractivity contribution is 7.03. The fourth-order valence-electron chi connectivity index (χ4n) is 9.18. The molecule has 0 N–H and O–H groups in total. The Bertz CT molecular complexity index is 3200. The lowest BCUT2D eigenvalue weighted by Gasteiger charge is -2.19. The number of fused-ring (bicyclic) bond motifs is 6. The van der Waals surface area contributed by atoms with Crippen LogP contribution in [0.5, 0.6) is 0 Å². The fourth-order valence-corrected chi connectivity index (χ4v) is 12.1. The van der Waals surface area contributed by atoms with E-state index in [1.165, 1.54) is 71.3 Å². The average molecular weight is 758 g/mol. The summed E-state index contributed by atoms with van der Waals surface area (Å²) in [6.45, 7) is 4.86. The fraction of sp³-hybridized carbons (Fsp3) is 0.0370. The summed E-state index contributed by atoms with van der Waals surface area (Å²) in [5.41, 5.74) is 16.2. The van der Waals surface area contributed by atoms with Gasteiger partial charge < -0.3 is 4.57 Å². The van der Waals surface area contributed by atoms with Gasteiger partial charge in [-0.25, -0.2) is 9.97 Å². The van der Waals surface area contributed by atoms with Crippen LogP contribution in [-0.4, -0.2) is 22.6 Å². The van der Waals surface area contributed by atoms with Gasteiger partial charge in [0.1, 0.15) is 8.07 Å². The van der Waals surface area contributed by atoms with E-state index in [2.05, 4.69) is 218 Å². The van der Waals surface area contributed by atoms with Crippen molar-refractivity contribution in [2.24, 2.45) is 0 Å². The lowest BCUT2D eigenvalue weighted by Crippen LogP contribution is -2.50. The molecule has 8 aromatic carbocycles.